The van der Waals surface area contributed by atoms with E-state index in [1.165, 1.54) is 11.1 Å². The number of nitrogens with zero attached hydrogens (tertiary/aromatic N) is 4. The number of hydrogen-bond acceptors (Lipinski definition) is 7. The first-order valence-corrected chi connectivity index (χ1v) is 8.39. The summed E-state index contributed by atoms with van der Waals surface area (Å²) in [4.78, 5) is 13.4. The lowest BCUT2D eigenvalue weighted by Gasteiger charge is -2.22. The van der Waals surface area contributed by atoms with E-state index in [0.29, 0.717) is 11.3 Å². The molecule has 140 valence electrons. The zero-order chi connectivity index (χ0) is 19.1. The molecule has 0 saturated heterocycles. The van der Waals surface area contributed by atoms with Gasteiger partial charge in [-0.2, -0.15) is 4.80 Å². The van der Waals surface area contributed by atoms with Crippen LogP contribution in [0.1, 0.15) is 22.8 Å². The molecule has 0 aliphatic carbocycles. The second kappa shape index (κ2) is 8.41. The molecular weight excluding hydrogens is 348 g/mol. The summed E-state index contributed by atoms with van der Waals surface area (Å²) in [5, 5.41) is 21.5. The number of benzene rings is 2. The van der Waals surface area contributed by atoms with Crippen molar-refractivity contribution < 1.29 is 19.4 Å². The van der Waals surface area contributed by atoms with Gasteiger partial charge in [0, 0.05) is 0 Å². The first-order valence-electron chi connectivity index (χ1n) is 8.39. The third-order valence-electron chi connectivity index (χ3n) is 3.73. The van der Waals surface area contributed by atoms with Crippen LogP contribution in [0.3, 0.4) is 0 Å². The number of aliphatic hydroxyl groups is 1. The normalized spacial score (nSPS) is 13.0. The summed E-state index contributed by atoms with van der Waals surface area (Å²) in [6.07, 6.45) is 1.30. The van der Waals surface area contributed by atoms with Gasteiger partial charge in [0.2, 0.25) is 0 Å². The number of aromatic nitrogens is 4. The number of carbonyl (C=O) groups excluding carboxylic acids is 1. The Labute approximate surface area is 156 Å². The van der Waals surface area contributed by atoms with Crippen molar-refractivity contribution in [3.8, 4) is 5.75 Å². The summed E-state index contributed by atoms with van der Waals surface area (Å²) in [5.41, 5.74) is 0.181. The van der Waals surface area contributed by atoms with E-state index in [1.54, 1.807) is 31.2 Å². The van der Waals surface area contributed by atoms with E-state index in [1.807, 2.05) is 30.3 Å². The first kappa shape index (κ1) is 18.5. The highest BCUT2D eigenvalue weighted by Gasteiger charge is 2.23. The lowest BCUT2D eigenvalue weighted by atomic mass is 10.1. The fourth-order valence-electron chi connectivity index (χ4n) is 2.34. The molecule has 0 bridgehead atoms. The van der Waals surface area contributed by atoms with Gasteiger partial charge < -0.3 is 14.6 Å². The van der Waals surface area contributed by atoms with E-state index < -0.39 is 11.6 Å². The summed E-state index contributed by atoms with van der Waals surface area (Å²) >= 11 is 0. The molecule has 0 aliphatic heterocycles. The Morgan fingerprint density at radius 3 is 2.56 bits per heavy atom. The molecule has 1 unspecified atom stereocenters. The van der Waals surface area contributed by atoms with E-state index in [2.05, 4.69) is 15.4 Å². The largest absolute Gasteiger partial charge is 0.491 e. The Hall–Kier alpha value is -3.26. The van der Waals surface area contributed by atoms with Gasteiger partial charge in [0.05, 0.1) is 12.1 Å². The molecule has 0 amide bonds. The van der Waals surface area contributed by atoms with Crippen LogP contribution in [0.25, 0.3) is 0 Å². The predicted octanol–water partition coefficient (Wildman–Crippen LogP) is 1.86. The van der Waals surface area contributed by atoms with Crippen LogP contribution in [0.4, 0.5) is 0 Å². The zero-order valence-corrected chi connectivity index (χ0v) is 14.9. The molecule has 2 aromatic carbocycles. The number of carbonyl (C=O) groups is 1. The molecule has 0 spiro atoms. The van der Waals surface area contributed by atoms with Crippen LogP contribution in [0.2, 0.25) is 0 Å². The van der Waals surface area contributed by atoms with Crippen molar-refractivity contribution in [1.82, 2.24) is 20.2 Å². The number of hydrogen-bond donors (Lipinski definition) is 1. The smallest absolute Gasteiger partial charge is 0.338 e. The highest BCUT2D eigenvalue weighted by atomic mass is 16.5. The average molecular weight is 368 g/mol. The van der Waals surface area contributed by atoms with Crippen molar-refractivity contribution in [2.75, 3.05) is 6.61 Å². The Bertz CT molecular complexity index is 849. The highest BCUT2D eigenvalue weighted by molar-refractivity contribution is 5.89. The molecule has 0 saturated carbocycles. The number of ether oxygens (including phenoxy) is 2. The summed E-state index contributed by atoms with van der Waals surface area (Å²) in [7, 11) is 0. The third-order valence-corrected chi connectivity index (χ3v) is 3.73. The SMILES string of the molecule is CC(O)(COc1ccc(C(=O)OCc2ccccc2)cc1)Cn1ncnn1. The van der Waals surface area contributed by atoms with Gasteiger partial charge >= 0.3 is 5.97 Å². The standard InChI is InChI=1S/C19H20N4O4/c1-19(25,12-23-21-14-20-22-23)13-27-17-9-7-16(8-10-17)18(24)26-11-15-5-3-2-4-6-15/h2-10,14,25H,11-13H2,1H3. The molecule has 1 aromatic heterocycles. The molecule has 8 heteroatoms. The van der Waals surface area contributed by atoms with Crippen molar-refractivity contribution in [3.63, 3.8) is 0 Å². The van der Waals surface area contributed by atoms with E-state index in [4.69, 9.17) is 9.47 Å². The van der Waals surface area contributed by atoms with Crippen LogP contribution in [0.15, 0.2) is 60.9 Å². The molecule has 0 aliphatic rings. The van der Waals surface area contributed by atoms with E-state index in [9.17, 15) is 9.90 Å². The van der Waals surface area contributed by atoms with Crippen LogP contribution in [-0.4, -0.2) is 43.5 Å². The van der Waals surface area contributed by atoms with Crippen LogP contribution in [-0.2, 0) is 17.9 Å². The van der Waals surface area contributed by atoms with E-state index in [0.717, 1.165) is 5.56 Å². The third kappa shape index (κ3) is 5.61. The summed E-state index contributed by atoms with van der Waals surface area (Å²) in [5.74, 6) is 0.121. The fraction of sp³-hybridized carbons (Fsp3) is 0.263. The van der Waals surface area contributed by atoms with Gasteiger partial charge in [0.1, 0.15) is 24.6 Å². The molecule has 0 fully saturated rings. The second-order valence-corrected chi connectivity index (χ2v) is 6.34. The fourth-order valence-corrected chi connectivity index (χ4v) is 2.34. The Morgan fingerprint density at radius 2 is 1.89 bits per heavy atom. The van der Waals surface area contributed by atoms with Crippen molar-refractivity contribution in [1.29, 1.82) is 0 Å². The topological polar surface area (TPSA) is 99.4 Å². The first-order chi connectivity index (χ1) is 13.0. The number of rotatable bonds is 8. The van der Waals surface area contributed by atoms with Gasteiger partial charge in [-0.3, -0.25) is 0 Å². The molecule has 3 rings (SSSR count). The monoisotopic (exact) mass is 368 g/mol. The van der Waals surface area contributed by atoms with Crippen molar-refractivity contribution >= 4 is 5.97 Å². The van der Waals surface area contributed by atoms with Gasteiger partial charge in [-0.15, -0.1) is 10.2 Å². The highest BCUT2D eigenvalue weighted by Crippen LogP contribution is 2.16. The van der Waals surface area contributed by atoms with Crippen molar-refractivity contribution in [2.24, 2.45) is 0 Å². The molecule has 8 nitrogen and oxygen atoms in total. The van der Waals surface area contributed by atoms with Crippen molar-refractivity contribution in [3.05, 3.63) is 72.1 Å². The predicted molar refractivity (Wildman–Crippen MR) is 95.9 cm³/mol. The van der Waals surface area contributed by atoms with E-state index in [-0.39, 0.29) is 19.8 Å². The lowest BCUT2D eigenvalue weighted by molar-refractivity contribution is -0.00910. The Kier molecular flexibility index (Phi) is 5.77. The number of tetrazole rings is 1. The minimum Gasteiger partial charge on any atom is -0.491 e. The van der Waals surface area contributed by atoms with Gasteiger partial charge in [0.15, 0.2) is 6.33 Å². The van der Waals surface area contributed by atoms with Gasteiger partial charge in [-0.05, 0) is 42.0 Å². The van der Waals surface area contributed by atoms with Gasteiger partial charge in [-0.25, -0.2) is 4.79 Å². The number of esters is 1. The summed E-state index contributed by atoms with van der Waals surface area (Å²) in [6, 6.07) is 16.0. The van der Waals surface area contributed by atoms with Gasteiger partial charge in [0.25, 0.3) is 0 Å². The average Bonchev–Trinajstić information content (AvgIpc) is 3.18. The molecule has 1 N–H and O–H groups in total. The molecule has 1 heterocycles. The molecular formula is C19H20N4O4. The van der Waals surface area contributed by atoms with Crippen LogP contribution < -0.4 is 4.74 Å². The zero-order valence-electron chi connectivity index (χ0n) is 14.9. The molecule has 0 radical (unpaired) electrons. The summed E-state index contributed by atoms with van der Waals surface area (Å²) in [6.45, 7) is 2.02. The molecule has 3 aromatic rings. The molecule has 1 atom stereocenters. The van der Waals surface area contributed by atoms with Crippen LogP contribution in [0, 0.1) is 0 Å². The van der Waals surface area contributed by atoms with Gasteiger partial charge in [-0.1, -0.05) is 30.3 Å². The van der Waals surface area contributed by atoms with E-state index >= 15 is 0 Å². The Morgan fingerprint density at radius 1 is 1.15 bits per heavy atom. The van der Waals surface area contributed by atoms with Crippen LogP contribution >= 0.6 is 0 Å². The van der Waals surface area contributed by atoms with Crippen molar-refractivity contribution in [2.45, 2.75) is 25.7 Å². The maximum atomic E-state index is 12.1. The minimum atomic E-state index is -1.17. The second-order valence-electron chi connectivity index (χ2n) is 6.34. The summed E-state index contributed by atoms with van der Waals surface area (Å²) < 4.78 is 10.9. The quantitative estimate of drug-likeness (QED) is 0.606. The maximum absolute atomic E-state index is 12.1. The maximum Gasteiger partial charge on any atom is 0.338 e. The lowest BCUT2D eigenvalue weighted by Crippen LogP contribution is -2.38. The Balaban J connectivity index is 1.50. The molecule has 27 heavy (non-hydrogen) atoms. The minimum absolute atomic E-state index is 0.0341. The van der Waals surface area contributed by atoms with Crippen LogP contribution in [0.5, 0.6) is 5.75 Å².